The van der Waals surface area contributed by atoms with Gasteiger partial charge in [0, 0.05) is 33.6 Å². The first-order valence-electron chi connectivity index (χ1n) is 9.03. The third kappa shape index (κ3) is 2.99. The van der Waals surface area contributed by atoms with Gasteiger partial charge in [-0.2, -0.15) is 5.10 Å². The van der Waals surface area contributed by atoms with Crippen molar-refractivity contribution in [2.24, 2.45) is 0 Å². The Morgan fingerprint density at radius 2 is 2.00 bits per heavy atom. The van der Waals surface area contributed by atoms with Crippen molar-refractivity contribution in [2.45, 2.75) is 38.1 Å². The number of aromatic nitrogens is 2. The van der Waals surface area contributed by atoms with Crippen molar-refractivity contribution in [2.75, 3.05) is 25.5 Å². The van der Waals surface area contributed by atoms with Crippen molar-refractivity contribution >= 4 is 11.7 Å². The van der Waals surface area contributed by atoms with Crippen molar-refractivity contribution in [1.82, 2.24) is 15.1 Å². The summed E-state index contributed by atoms with van der Waals surface area (Å²) in [5.41, 5.74) is 4.72. The normalized spacial score (nSPS) is 19.1. The third-order valence-electron chi connectivity index (χ3n) is 5.36. The zero-order valence-electron chi connectivity index (χ0n) is 14.9. The summed E-state index contributed by atoms with van der Waals surface area (Å²) in [6.45, 7) is 1.38. The lowest BCUT2D eigenvalue weighted by atomic mass is 9.82. The average molecular weight is 336 g/mol. The smallest absolute Gasteiger partial charge is 0.230 e. The maximum absolute atomic E-state index is 13.2. The van der Waals surface area contributed by atoms with Crippen molar-refractivity contribution < 1.29 is 4.79 Å². The van der Waals surface area contributed by atoms with Gasteiger partial charge in [-0.15, -0.1) is 5.10 Å². The van der Waals surface area contributed by atoms with Crippen LogP contribution in [-0.4, -0.2) is 41.6 Å². The molecule has 1 aromatic carbocycles. The van der Waals surface area contributed by atoms with E-state index in [1.54, 1.807) is 0 Å². The van der Waals surface area contributed by atoms with E-state index < -0.39 is 0 Å². The van der Waals surface area contributed by atoms with E-state index >= 15 is 0 Å². The van der Waals surface area contributed by atoms with E-state index in [0.29, 0.717) is 6.54 Å². The predicted octanol–water partition coefficient (Wildman–Crippen LogP) is 2.55. The average Bonchev–Trinajstić information content (AvgIpc) is 2.66. The molecule has 1 aliphatic heterocycles. The second-order valence-electron chi connectivity index (χ2n) is 7.22. The van der Waals surface area contributed by atoms with Crippen LogP contribution >= 0.6 is 0 Å². The number of aryl methyl sites for hydroxylation is 1. The minimum absolute atomic E-state index is 0.00890. The predicted molar refractivity (Wildman–Crippen MR) is 97.6 cm³/mol. The van der Waals surface area contributed by atoms with Crippen LogP contribution in [0.25, 0.3) is 0 Å². The maximum atomic E-state index is 13.2. The lowest BCUT2D eigenvalue weighted by molar-refractivity contribution is -0.134. The molecule has 0 radical (unpaired) electrons. The molecule has 4 rings (SSSR count). The van der Waals surface area contributed by atoms with Gasteiger partial charge in [-0.25, -0.2) is 0 Å². The molecular formula is C20H24N4O. The molecular weight excluding hydrogens is 312 g/mol. The summed E-state index contributed by atoms with van der Waals surface area (Å²) in [5.74, 6) is 1.12. The monoisotopic (exact) mass is 336 g/mol. The quantitative estimate of drug-likeness (QED) is 0.846. The molecule has 0 bridgehead atoms. The SMILES string of the molecule is CN(C)c1cc2c(nn1)CCN(C(=O)[C@H]1CCCc3ccccc31)C2. The second-order valence-corrected chi connectivity index (χ2v) is 7.22. The van der Waals surface area contributed by atoms with Gasteiger partial charge in [-0.1, -0.05) is 24.3 Å². The summed E-state index contributed by atoms with van der Waals surface area (Å²) >= 11 is 0. The minimum Gasteiger partial charge on any atom is -0.361 e. The van der Waals surface area contributed by atoms with E-state index in [0.717, 1.165) is 49.3 Å². The minimum atomic E-state index is 0.00890. The maximum Gasteiger partial charge on any atom is 0.230 e. The van der Waals surface area contributed by atoms with Crippen LogP contribution in [0.5, 0.6) is 0 Å². The van der Waals surface area contributed by atoms with E-state index in [1.165, 1.54) is 11.1 Å². The second kappa shape index (κ2) is 6.47. The van der Waals surface area contributed by atoms with Crippen LogP contribution in [0.2, 0.25) is 0 Å². The van der Waals surface area contributed by atoms with Gasteiger partial charge < -0.3 is 9.80 Å². The molecule has 0 saturated heterocycles. The van der Waals surface area contributed by atoms with Gasteiger partial charge in [-0.05, 0) is 42.0 Å². The van der Waals surface area contributed by atoms with Crippen molar-refractivity contribution in [3.63, 3.8) is 0 Å². The summed E-state index contributed by atoms with van der Waals surface area (Å²) in [4.78, 5) is 17.2. The molecule has 1 aliphatic carbocycles. The van der Waals surface area contributed by atoms with E-state index in [4.69, 9.17) is 0 Å². The molecule has 0 spiro atoms. The lowest BCUT2D eigenvalue weighted by Crippen LogP contribution is -2.40. The lowest BCUT2D eigenvalue weighted by Gasteiger charge is -2.33. The van der Waals surface area contributed by atoms with Crippen LogP contribution in [0.1, 0.15) is 41.1 Å². The summed E-state index contributed by atoms with van der Waals surface area (Å²) in [7, 11) is 3.92. The Balaban J connectivity index is 1.58. The van der Waals surface area contributed by atoms with Gasteiger partial charge in [0.2, 0.25) is 5.91 Å². The molecule has 0 N–H and O–H groups in total. The summed E-state index contributed by atoms with van der Waals surface area (Å²) in [5, 5.41) is 8.61. The molecule has 0 unspecified atom stereocenters. The Kier molecular flexibility index (Phi) is 4.15. The van der Waals surface area contributed by atoms with Gasteiger partial charge >= 0.3 is 0 Å². The highest BCUT2D eigenvalue weighted by atomic mass is 16.2. The molecule has 25 heavy (non-hydrogen) atoms. The number of benzene rings is 1. The van der Waals surface area contributed by atoms with Crippen LogP contribution in [0.3, 0.4) is 0 Å². The van der Waals surface area contributed by atoms with Gasteiger partial charge in [0.25, 0.3) is 0 Å². The summed E-state index contributed by atoms with van der Waals surface area (Å²) in [6.07, 6.45) is 3.92. The van der Waals surface area contributed by atoms with Crippen LogP contribution in [-0.2, 0) is 24.2 Å². The zero-order chi connectivity index (χ0) is 17.4. The molecule has 5 nitrogen and oxygen atoms in total. The van der Waals surface area contributed by atoms with Crippen LogP contribution < -0.4 is 4.90 Å². The largest absolute Gasteiger partial charge is 0.361 e. The molecule has 1 amide bonds. The molecule has 1 atom stereocenters. The highest BCUT2D eigenvalue weighted by molar-refractivity contribution is 5.84. The van der Waals surface area contributed by atoms with Gasteiger partial charge in [0.15, 0.2) is 5.82 Å². The summed E-state index contributed by atoms with van der Waals surface area (Å²) < 4.78 is 0. The highest BCUT2D eigenvalue weighted by Crippen LogP contribution is 2.34. The number of hydrogen-bond donors (Lipinski definition) is 0. The molecule has 5 heteroatoms. The molecule has 1 aromatic heterocycles. The number of hydrogen-bond acceptors (Lipinski definition) is 4. The highest BCUT2D eigenvalue weighted by Gasteiger charge is 2.31. The Hall–Kier alpha value is -2.43. The van der Waals surface area contributed by atoms with Gasteiger partial charge in [0.1, 0.15) is 0 Å². The number of nitrogens with zero attached hydrogens (tertiary/aromatic N) is 4. The van der Waals surface area contributed by atoms with Crippen molar-refractivity contribution in [1.29, 1.82) is 0 Å². The fourth-order valence-corrected chi connectivity index (χ4v) is 3.95. The molecule has 2 aliphatic rings. The first-order valence-corrected chi connectivity index (χ1v) is 9.03. The first-order chi connectivity index (χ1) is 12.1. The number of carbonyl (C=O) groups excluding carboxylic acids is 1. The van der Waals surface area contributed by atoms with E-state index in [-0.39, 0.29) is 11.8 Å². The van der Waals surface area contributed by atoms with Crippen molar-refractivity contribution in [3.8, 4) is 0 Å². The number of anilines is 1. The summed E-state index contributed by atoms with van der Waals surface area (Å²) in [6, 6.07) is 10.5. The van der Waals surface area contributed by atoms with Crippen LogP contribution in [0, 0.1) is 0 Å². The fourth-order valence-electron chi connectivity index (χ4n) is 3.95. The standard InChI is InChI=1S/C20H24N4O/c1-23(2)19-12-15-13-24(11-10-18(15)21-22-19)20(25)17-9-5-7-14-6-3-4-8-16(14)17/h3-4,6,8,12,17H,5,7,9-11,13H2,1-2H3/t17-/m0/s1. The molecule has 0 fully saturated rings. The Labute approximate surface area is 148 Å². The Bertz CT molecular complexity index is 802. The fraction of sp³-hybridized carbons (Fsp3) is 0.450. The number of fused-ring (bicyclic) bond motifs is 2. The number of amides is 1. The first kappa shape index (κ1) is 16.1. The number of carbonyl (C=O) groups is 1. The van der Waals surface area contributed by atoms with E-state index in [9.17, 15) is 4.79 Å². The molecule has 2 aromatic rings. The number of rotatable bonds is 2. The Morgan fingerprint density at radius 3 is 2.84 bits per heavy atom. The van der Waals surface area contributed by atoms with E-state index in [1.807, 2.05) is 23.9 Å². The zero-order valence-corrected chi connectivity index (χ0v) is 14.9. The molecule has 0 saturated carbocycles. The van der Waals surface area contributed by atoms with E-state index in [2.05, 4.69) is 40.5 Å². The van der Waals surface area contributed by atoms with Gasteiger partial charge in [0.05, 0.1) is 11.6 Å². The molecule has 2 heterocycles. The van der Waals surface area contributed by atoms with Gasteiger partial charge in [-0.3, -0.25) is 4.79 Å². The molecule has 130 valence electrons. The van der Waals surface area contributed by atoms with Crippen molar-refractivity contribution in [3.05, 3.63) is 52.7 Å². The third-order valence-corrected chi connectivity index (χ3v) is 5.36. The van der Waals surface area contributed by atoms with Crippen LogP contribution in [0.15, 0.2) is 30.3 Å². The van der Waals surface area contributed by atoms with Crippen LogP contribution in [0.4, 0.5) is 5.82 Å². The Morgan fingerprint density at radius 1 is 1.16 bits per heavy atom. The topological polar surface area (TPSA) is 49.3 Å².